The summed E-state index contributed by atoms with van der Waals surface area (Å²) >= 11 is 0. The topological polar surface area (TPSA) is 34.1 Å². The molecule has 1 fully saturated rings. The standard InChI is InChI=1S/C11H18O2/c1-3-4-9-5-6-11(13)10(7-9)8(2)12/h9-10H,3-7H2,1-2H3. The summed E-state index contributed by atoms with van der Waals surface area (Å²) in [6.07, 6.45) is 4.74. The SMILES string of the molecule is CCCC1CCC(=O)C(C(C)=O)C1. The number of Topliss-reactive ketones (excluding diaryl/α,β-unsaturated/α-hetero) is 2. The maximum absolute atomic E-state index is 11.4. The van der Waals surface area contributed by atoms with Gasteiger partial charge in [-0.3, -0.25) is 9.59 Å². The summed E-state index contributed by atoms with van der Waals surface area (Å²) in [5, 5.41) is 0. The molecular formula is C11H18O2. The molecule has 0 aromatic carbocycles. The van der Waals surface area contributed by atoms with Gasteiger partial charge in [-0.25, -0.2) is 0 Å². The minimum Gasteiger partial charge on any atom is -0.299 e. The molecule has 2 atom stereocenters. The zero-order valence-corrected chi connectivity index (χ0v) is 8.51. The van der Waals surface area contributed by atoms with Gasteiger partial charge in [0.1, 0.15) is 11.6 Å². The molecule has 74 valence electrons. The third-order valence-corrected chi connectivity index (χ3v) is 2.94. The van der Waals surface area contributed by atoms with Gasteiger partial charge in [-0.1, -0.05) is 19.8 Å². The molecule has 0 heterocycles. The summed E-state index contributed by atoms with van der Waals surface area (Å²) in [5.41, 5.74) is 0. The van der Waals surface area contributed by atoms with Gasteiger partial charge in [0, 0.05) is 6.42 Å². The van der Waals surface area contributed by atoms with Gasteiger partial charge in [-0.15, -0.1) is 0 Å². The summed E-state index contributed by atoms with van der Waals surface area (Å²) in [5.74, 6) is 0.563. The fourth-order valence-electron chi connectivity index (χ4n) is 2.17. The minimum atomic E-state index is -0.273. The van der Waals surface area contributed by atoms with Crippen molar-refractivity contribution in [3.63, 3.8) is 0 Å². The lowest BCUT2D eigenvalue weighted by molar-refractivity contribution is -0.134. The van der Waals surface area contributed by atoms with Crippen molar-refractivity contribution in [2.75, 3.05) is 0 Å². The molecule has 0 radical (unpaired) electrons. The Balaban J connectivity index is 2.52. The summed E-state index contributed by atoms with van der Waals surface area (Å²) in [6.45, 7) is 3.69. The van der Waals surface area contributed by atoms with Crippen molar-refractivity contribution in [2.45, 2.75) is 46.0 Å². The molecule has 0 amide bonds. The van der Waals surface area contributed by atoms with E-state index in [-0.39, 0.29) is 17.5 Å². The first-order chi connectivity index (χ1) is 6.15. The van der Waals surface area contributed by atoms with Gasteiger partial charge < -0.3 is 0 Å². The van der Waals surface area contributed by atoms with E-state index in [1.54, 1.807) is 0 Å². The highest BCUT2D eigenvalue weighted by Gasteiger charge is 2.30. The molecule has 2 unspecified atom stereocenters. The number of hydrogen-bond donors (Lipinski definition) is 0. The third kappa shape index (κ3) is 2.64. The van der Waals surface area contributed by atoms with Crippen molar-refractivity contribution in [3.8, 4) is 0 Å². The van der Waals surface area contributed by atoms with Gasteiger partial charge in [-0.2, -0.15) is 0 Å². The largest absolute Gasteiger partial charge is 0.299 e. The zero-order chi connectivity index (χ0) is 9.84. The number of ketones is 2. The van der Waals surface area contributed by atoms with Crippen LogP contribution in [-0.2, 0) is 9.59 Å². The summed E-state index contributed by atoms with van der Waals surface area (Å²) in [4.78, 5) is 22.5. The fraction of sp³-hybridized carbons (Fsp3) is 0.818. The van der Waals surface area contributed by atoms with E-state index in [0.29, 0.717) is 12.3 Å². The predicted molar refractivity (Wildman–Crippen MR) is 51.4 cm³/mol. The van der Waals surface area contributed by atoms with E-state index in [1.807, 2.05) is 0 Å². The molecule has 0 N–H and O–H groups in total. The van der Waals surface area contributed by atoms with E-state index in [2.05, 4.69) is 6.92 Å². The summed E-state index contributed by atoms with van der Waals surface area (Å²) in [6, 6.07) is 0. The van der Waals surface area contributed by atoms with Crippen LogP contribution in [-0.4, -0.2) is 11.6 Å². The van der Waals surface area contributed by atoms with Gasteiger partial charge in [0.15, 0.2) is 0 Å². The molecule has 0 spiro atoms. The Morgan fingerprint density at radius 3 is 2.77 bits per heavy atom. The van der Waals surface area contributed by atoms with Crippen LogP contribution in [0, 0.1) is 11.8 Å². The molecule has 1 rings (SSSR count). The maximum Gasteiger partial charge on any atom is 0.143 e. The summed E-state index contributed by atoms with van der Waals surface area (Å²) < 4.78 is 0. The Kier molecular flexibility index (Phi) is 3.64. The Hall–Kier alpha value is -0.660. The van der Waals surface area contributed by atoms with Crippen molar-refractivity contribution in [3.05, 3.63) is 0 Å². The Morgan fingerprint density at radius 1 is 1.54 bits per heavy atom. The fourth-order valence-corrected chi connectivity index (χ4v) is 2.17. The first-order valence-corrected chi connectivity index (χ1v) is 5.18. The maximum atomic E-state index is 11.4. The van der Waals surface area contributed by atoms with Crippen LogP contribution < -0.4 is 0 Å². The Morgan fingerprint density at radius 2 is 2.23 bits per heavy atom. The zero-order valence-electron chi connectivity index (χ0n) is 8.51. The number of carbonyl (C=O) groups is 2. The lowest BCUT2D eigenvalue weighted by Crippen LogP contribution is -2.29. The molecule has 0 aromatic rings. The molecule has 13 heavy (non-hydrogen) atoms. The smallest absolute Gasteiger partial charge is 0.143 e. The number of carbonyl (C=O) groups excluding carboxylic acids is 2. The van der Waals surface area contributed by atoms with Gasteiger partial charge in [0.05, 0.1) is 5.92 Å². The highest BCUT2D eigenvalue weighted by molar-refractivity contribution is 6.01. The second-order valence-corrected chi connectivity index (χ2v) is 4.06. The average molecular weight is 182 g/mol. The van der Waals surface area contributed by atoms with Crippen LogP contribution in [0.2, 0.25) is 0 Å². The van der Waals surface area contributed by atoms with Crippen LogP contribution in [0.5, 0.6) is 0 Å². The van der Waals surface area contributed by atoms with E-state index < -0.39 is 0 Å². The Bertz CT molecular complexity index is 208. The molecule has 0 bridgehead atoms. The molecule has 0 aromatic heterocycles. The van der Waals surface area contributed by atoms with E-state index in [0.717, 1.165) is 25.7 Å². The van der Waals surface area contributed by atoms with Crippen LogP contribution in [0.3, 0.4) is 0 Å². The quantitative estimate of drug-likeness (QED) is 0.628. The van der Waals surface area contributed by atoms with Crippen LogP contribution >= 0.6 is 0 Å². The van der Waals surface area contributed by atoms with E-state index in [4.69, 9.17) is 0 Å². The molecule has 0 aliphatic heterocycles. The highest BCUT2D eigenvalue weighted by Crippen LogP contribution is 2.29. The molecule has 1 aliphatic rings. The number of hydrogen-bond acceptors (Lipinski definition) is 2. The number of rotatable bonds is 3. The first-order valence-electron chi connectivity index (χ1n) is 5.18. The van der Waals surface area contributed by atoms with Crippen LogP contribution in [0.1, 0.15) is 46.0 Å². The molecular weight excluding hydrogens is 164 g/mol. The second-order valence-electron chi connectivity index (χ2n) is 4.06. The van der Waals surface area contributed by atoms with Gasteiger partial charge in [0.2, 0.25) is 0 Å². The molecule has 1 aliphatic carbocycles. The lowest BCUT2D eigenvalue weighted by atomic mass is 9.77. The third-order valence-electron chi connectivity index (χ3n) is 2.94. The van der Waals surface area contributed by atoms with Crippen LogP contribution in [0.25, 0.3) is 0 Å². The van der Waals surface area contributed by atoms with E-state index >= 15 is 0 Å². The van der Waals surface area contributed by atoms with Crippen LogP contribution in [0.4, 0.5) is 0 Å². The van der Waals surface area contributed by atoms with Crippen molar-refractivity contribution < 1.29 is 9.59 Å². The molecule has 0 saturated heterocycles. The highest BCUT2D eigenvalue weighted by atomic mass is 16.1. The van der Waals surface area contributed by atoms with Crippen LogP contribution in [0.15, 0.2) is 0 Å². The van der Waals surface area contributed by atoms with Gasteiger partial charge >= 0.3 is 0 Å². The van der Waals surface area contributed by atoms with Gasteiger partial charge in [0.25, 0.3) is 0 Å². The molecule has 1 saturated carbocycles. The lowest BCUT2D eigenvalue weighted by Gasteiger charge is -2.26. The Labute approximate surface area is 79.7 Å². The normalized spacial score (nSPS) is 28.9. The van der Waals surface area contributed by atoms with Crippen molar-refractivity contribution >= 4 is 11.6 Å². The molecule has 2 heteroatoms. The predicted octanol–water partition coefficient (Wildman–Crippen LogP) is 2.36. The van der Waals surface area contributed by atoms with Gasteiger partial charge in [-0.05, 0) is 25.7 Å². The molecule has 2 nitrogen and oxygen atoms in total. The van der Waals surface area contributed by atoms with E-state index in [1.165, 1.54) is 6.92 Å². The van der Waals surface area contributed by atoms with E-state index in [9.17, 15) is 9.59 Å². The minimum absolute atomic E-state index is 0.0609. The average Bonchev–Trinajstić information content (AvgIpc) is 2.08. The van der Waals surface area contributed by atoms with Crippen molar-refractivity contribution in [2.24, 2.45) is 11.8 Å². The summed E-state index contributed by atoms with van der Waals surface area (Å²) in [7, 11) is 0. The first kappa shape index (κ1) is 10.4. The second kappa shape index (κ2) is 4.54. The van der Waals surface area contributed by atoms with Crippen molar-refractivity contribution in [1.29, 1.82) is 0 Å². The monoisotopic (exact) mass is 182 g/mol. The van der Waals surface area contributed by atoms with Crippen molar-refractivity contribution in [1.82, 2.24) is 0 Å².